The largest absolute Gasteiger partial charge is 0.343 e. The van der Waals surface area contributed by atoms with Crippen molar-refractivity contribution >= 4 is 22.7 Å². The minimum atomic E-state index is -0.830. The number of rotatable bonds is 6. The molecule has 1 aliphatic heterocycles. The van der Waals surface area contributed by atoms with Gasteiger partial charge in [-0.1, -0.05) is 90.6 Å². The van der Waals surface area contributed by atoms with Crippen LogP contribution in [0.1, 0.15) is 11.1 Å². The van der Waals surface area contributed by atoms with Crippen molar-refractivity contribution < 1.29 is 14.3 Å². The van der Waals surface area contributed by atoms with E-state index in [1.165, 1.54) is 11.8 Å². The summed E-state index contributed by atoms with van der Waals surface area (Å²) in [4.78, 5) is 12.2. The van der Waals surface area contributed by atoms with Gasteiger partial charge < -0.3 is 14.8 Å². The molecule has 3 aromatic carbocycles. The van der Waals surface area contributed by atoms with Crippen molar-refractivity contribution in [3.05, 3.63) is 102 Å². The lowest BCUT2D eigenvalue weighted by Gasteiger charge is -2.29. The number of thioether (sulfide) groups is 1. The van der Waals surface area contributed by atoms with Gasteiger partial charge >= 0.3 is 0 Å². The number of carbonyl (C=O) groups excluding carboxylic acids is 1. The fraction of sp³-hybridized carbons (Fsp3) is 0.208. The van der Waals surface area contributed by atoms with Crippen LogP contribution in [-0.4, -0.2) is 23.7 Å². The van der Waals surface area contributed by atoms with Crippen LogP contribution in [-0.2, 0) is 21.7 Å². The van der Waals surface area contributed by atoms with Gasteiger partial charge in [0.25, 0.3) is 5.24 Å². The predicted molar refractivity (Wildman–Crippen MR) is 117 cm³/mol. The summed E-state index contributed by atoms with van der Waals surface area (Å²) in [5, 5.41) is 2.79. The Morgan fingerprint density at radius 2 is 1.55 bits per heavy atom. The molecule has 1 saturated heterocycles. The Morgan fingerprint density at radius 3 is 2.24 bits per heavy atom. The van der Waals surface area contributed by atoms with Gasteiger partial charge in [-0.25, -0.2) is 0 Å². The first kappa shape index (κ1) is 19.7. The van der Waals surface area contributed by atoms with Crippen molar-refractivity contribution in [2.24, 2.45) is 0 Å². The number of hydrogen-bond donors (Lipinski definition) is 1. The Labute approximate surface area is 175 Å². The van der Waals surface area contributed by atoms with Crippen molar-refractivity contribution in [3.63, 3.8) is 0 Å². The summed E-state index contributed by atoms with van der Waals surface area (Å²) in [6.45, 7) is 0.452. The summed E-state index contributed by atoms with van der Waals surface area (Å²) in [6.07, 6.45) is 0.459. The van der Waals surface area contributed by atoms with E-state index in [0.29, 0.717) is 18.8 Å². The van der Waals surface area contributed by atoms with Gasteiger partial charge in [-0.2, -0.15) is 0 Å². The minimum absolute atomic E-state index is 0.0972. The van der Waals surface area contributed by atoms with Crippen LogP contribution in [0.5, 0.6) is 0 Å². The molecular weight excluding hydrogens is 382 g/mol. The van der Waals surface area contributed by atoms with E-state index in [1.54, 1.807) is 0 Å². The number of amides is 1. The fourth-order valence-electron chi connectivity index (χ4n) is 3.39. The molecule has 1 heterocycles. The molecule has 1 fully saturated rings. The van der Waals surface area contributed by atoms with Gasteiger partial charge in [0, 0.05) is 23.4 Å². The molecule has 29 heavy (non-hydrogen) atoms. The molecule has 0 bridgehead atoms. The second-order valence-electron chi connectivity index (χ2n) is 6.92. The maximum atomic E-state index is 12.2. The van der Waals surface area contributed by atoms with E-state index in [9.17, 15) is 4.79 Å². The molecule has 0 unspecified atom stereocenters. The zero-order valence-electron chi connectivity index (χ0n) is 16.0. The number of ether oxygens (including phenoxy) is 2. The average molecular weight is 406 g/mol. The second kappa shape index (κ2) is 9.27. The lowest BCUT2D eigenvalue weighted by Crippen LogP contribution is -2.31. The Bertz CT molecular complexity index is 921. The molecule has 3 aromatic rings. The summed E-state index contributed by atoms with van der Waals surface area (Å²) in [7, 11) is 0. The zero-order chi connectivity index (χ0) is 19.9. The molecule has 4 rings (SSSR count). The summed E-state index contributed by atoms with van der Waals surface area (Å²) in [6, 6.07) is 29.7. The van der Waals surface area contributed by atoms with Gasteiger partial charge in [-0.15, -0.1) is 0 Å². The lowest BCUT2D eigenvalue weighted by atomic mass is 9.97. The number of anilines is 1. The minimum Gasteiger partial charge on any atom is -0.343 e. The highest BCUT2D eigenvalue weighted by Crippen LogP contribution is 2.38. The van der Waals surface area contributed by atoms with E-state index >= 15 is 0 Å². The van der Waals surface area contributed by atoms with Crippen LogP contribution in [0.15, 0.2) is 91.0 Å². The monoisotopic (exact) mass is 405 g/mol. The standard InChI is InChI=1S/C24H23NO3S/c26-23(25-21-14-8-3-9-15-21)29-18-22-17-27-24(28-22,20-12-6-2-7-13-20)16-19-10-4-1-5-11-19/h1-15,22H,16-18H2,(H,25,26)/t22-,24+/m1/s1. The van der Waals surface area contributed by atoms with Gasteiger partial charge in [-0.3, -0.25) is 4.79 Å². The van der Waals surface area contributed by atoms with Crippen molar-refractivity contribution in [2.75, 3.05) is 17.7 Å². The normalized spacial score (nSPS) is 21.0. The van der Waals surface area contributed by atoms with Crippen molar-refractivity contribution in [2.45, 2.75) is 18.3 Å². The molecule has 1 amide bonds. The van der Waals surface area contributed by atoms with E-state index in [-0.39, 0.29) is 11.3 Å². The molecule has 1 aliphatic rings. The molecule has 2 atom stereocenters. The predicted octanol–water partition coefficient (Wildman–Crippen LogP) is 5.46. The SMILES string of the molecule is O=C(Nc1ccccc1)SC[C@H]1CO[C@](Cc2ccccc2)(c2ccccc2)O1. The fourth-order valence-corrected chi connectivity index (χ4v) is 4.09. The Morgan fingerprint density at radius 1 is 0.931 bits per heavy atom. The maximum absolute atomic E-state index is 12.2. The number of hydrogen-bond acceptors (Lipinski definition) is 4. The van der Waals surface area contributed by atoms with Crippen LogP contribution >= 0.6 is 11.8 Å². The van der Waals surface area contributed by atoms with Crippen LogP contribution < -0.4 is 5.32 Å². The molecule has 0 aromatic heterocycles. The van der Waals surface area contributed by atoms with Gasteiger partial charge in [0.15, 0.2) is 5.79 Å². The van der Waals surface area contributed by atoms with Crippen molar-refractivity contribution in [3.8, 4) is 0 Å². The van der Waals surface area contributed by atoms with Crippen molar-refractivity contribution in [1.82, 2.24) is 0 Å². The lowest BCUT2D eigenvalue weighted by molar-refractivity contribution is -0.173. The Balaban J connectivity index is 1.41. The van der Waals surface area contributed by atoms with Gasteiger partial charge in [-0.05, 0) is 17.7 Å². The topological polar surface area (TPSA) is 47.6 Å². The van der Waals surface area contributed by atoms with Crippen LogP contribution in [0.25, 0.3) is 0 Å². The maximum Gasteiger partial charge on any atom is 0.283 e. The van der Waals surface area contributed by atoms with E-state index in [4.69, 9.17) is 9.47 Å². The van der Waals surface area contributed by atoms with Gasteiger partial charge in [0.2, 0.25) is 0 Å². The highest BCUT2D eigenvalue weighted by atomic mass is 32.2. The number of para-hydroxylation sites is 1. The Hall–Kier alpha value is -2.60. The van der Waals surface area contributed by atoms with Crippen LogP contribution in [0.2, 0.25) is 0 Å². The first-order chi connectivity index (χ1) is 14.2. The highest BCUT2D eigenvalue weighted by molar-refractivity contribution is 8.13. The summed E-state index contributed by atoms with van der Waals surface area (Å²) in [5.41, 5.74) is 2.92. The van der Waals surface area contributed by atoms with Gasteiger partial charge in [0.05, 0.1) is 12.7 Å². The number of benzene rings is 3. The van der Waals surface area contributed by atoms with E-state index in [0.717, 1.165) is 16.8 Å². The molecular formula is C24H23NO3S. The Kier molecular flexibility index (Phi) is 6.30. The first-order valence-corrected chi connectivity index (χ1v) is 10.6. The summed E-state index contributed by atoms with van der Waals surface area (Å²) < 4.78 is 12.6. The first-order valence-electron chi connectivity index (χ1n) is 9.64. The van der Waals surface area contributed by atoms with E-state index < -0.39 is 5.79 Å². The molecule has 0 spiro atoms. The molecule has 148 valence electrons. The molecule has 0 saturated carbocycles. The van der Waals surface area contributed by atoms with Crippen LogP contribution in [0.3, 0.4) is 0 Å². The third-order valence-electron chi connectivity index (χ3n) is 4.77. The van der Waals surface area contributed by atoms with E-state index in [2.05, 4.69) is 17.4 Å². The summed E-state index contributed by atoms with van der Waals surface area (Å²) in [5.74, 6) is -0.300. The number of carbonyl (C=O) groups is 1. The van der Waals surface area contributed by atoms with Crippen LogP contribution in [0.4, 0.5) is 10.5 Å². The highest BCUT2D eigenvalue weighted by Gasteiger charge is 2.43. The molecule has 5 heteroatoms. The summed E-state index contributed by atoms with van der Waals surface area (Å²) >= 11 is 1.22. The molecule has 0 aliphatic carbocycles. The van der Waals surface area contributed by atoms with Crippen LogP contribution in [0, 0.1) is 0 Å². The second-order valence-corrected chi connectivity index (χ2v) is 7.91. The van der Waals surface area contributed by atoms with Crippen molar-refractivity contribution in [1.29, 1.82) is 0 Å². The third-order valence-corrected chi connectivity index (χ3v) is 5.68. The average Bonchev–Trinajstić information content (AvgIpc) is 3.18. The smallest absolute Gasteiger partial charge is 0.283 e. The zero-order valence-corrected chi connectivity index (χ0v) is 16.8. The molecule has 1 N–H and O–H groups in total. The molecule has 4 nitrogen and oxygen atoms in total. The van der Waals surface area contributed by atoms with E-state index in [1.807, 2.05) is 78.9 Å². The quantitative estimate of drug-likeness (QED) is 0.591. The molecule has 0 radical (unpaired) electrons. The van der Waals surface area contributed by atoms with Gasteiger partial charge in [0.1, 0.15) is 0 Å². The number of nitrogens with one attached hydrogen (secondary N) is 1. The third kappa shape index (κ3) is 5.07.